The van der Waals surface area contributed by atoms with E-state index < -0.39 is 0 Å². The maximum atomic E-state index is 2.31. The molecule has 0 aromatic rings. The van der Waals surface area contributed by atoms with Crippen LogP contribution < -0.4 is 0 Å². The maximum Gasteiger partial charge on any atom is -0.00639 e. The van der Waals surface area contributed by atoms with Gasteiger partial charge in [0.15, 0.2) is 0 Å². The van der Waals surface area contributed by atoms with Crippen LogP contribution in [-0.2, 0) is 0 Å². The van der Waals surface area contributed by atoms with Crippen LogP contribution in [0.5, 0.6) is 0 Å². The number of allylic oxidation sites excluding steroid dienone is 8. The van der Waals surface area contributed by atoms with Crippen LogP contribution in [0.4, 0.5) is 0 Å². The third kappa shape index (κ3) is 1.67. The Balaban J connectivity index is 2.18. The lowest BCUT2D eigenvalue weighted by atomic mass is 9.87. The highest BCUT2D eigenvalue weighted by Gasteiger charge is 2.16. The average molecular weight is 172 g/mol. The molecular formula is C13H16. The van der Waals surface area contributed by atoms with Crippen LogP contribution in [0, 0.1) is 5.92 Å². The minimum Gasteiger partial charge on any atom is -0.0839 e. The first-order valence-electron chi connectivity index (χ1n) is 5.01. The predicted molar refractivity (Wildman–Crippen MR) is 57.5 cm³/mol. The Hall–Kier alpha value is -1.04. The van der Waals surface area contributed by atoms with E-state index in [1.165, 1.54) is 23.1 Å². The van der Waals surface area contributed by atoms with Crippen molar-refractivity contribution >= 4 is 0 Å². The molecule has 0 aliphatic heterocycles. The first kappa shape index (κ1) is 8.55. The molecule has 2 aliphatic carbocycles. The van der Waals surface area contributed by atoms with Crippen molar-refractivity contribution in [2.45, 2.75) is 26.7 Å². The molecule has 0 fully saturated rings. The molecule has 0 radical (unpaired) electrons. The zero-order valence-corrected chi connectivity index (χ0v) is 8.38. The van der Waals surface area contributed by atoms with Gasteiger partial charge in [-0.2, -0.15) is 0 Å². The molecule has 0 N–H and O–H groups in total. The van der Waals surface area contributed by atoms with Gasteiger partial charge in [-0.1, -0.05) is 42.9 Å². The van der Waals surface area contributed by atoms with Crippen molar-refractivity contribution in [3.8, 4) is 0 Å². The first-order valence-corrected chi connectivity index (χ1v) is 5.01. The lowest BCUT2D eigenvalue weighted by molar-refractivity contribution is 0.690. The smallest absolute Gasteiger partial charge is 0.00639 e. The molecule has 13 heavy (non-hydrogen) atoms. The third-order valence-electron chi connectivity index (χ3n) is 2.84. The zero-order valence-electron chi connectivity index (χ0n) is 8.38. The van der Waals surface area contributed by atoms with E-state index in [1.807, 2.05) is 0 Å². The molecule has 0 amide bonds. The topological polar surface area (TPSA) is 0 Å². The minimum atomic E-state index is 0.704. The lowest BCUT2D eigenvalue weighted by Crippen LogP contribution is -2.03. The molecule has 0 aromatic heterocycles. The first-order chi connectivity index (χ1) is 6.27. The van der Waals surface area contributed by atoms with Crippen molar-refractivity contribution < 1.29 is 0 Å². The Kier molecular flexibility index (Phi) is 2.22. The summed E-state index contributed by atoms with van der Waals surface area (Å²) in [6.45, 7) is 4.51. The normalized spacial score (nSPS) is 26.9. The molecule has 0 heterocycles. The molecular weight excluding hydrogens is 156 g/mol. The van der Waals surface area contributed by atoms with Crippen LogP contribution in [0.1, 0.15) is 26.7 Å². The van der Waals surface area contributed by atoms with Gasteiger partial charge >= 0.3 is 0 Å². The third-order valence-corrected chi connectivity index (χ3v) is 2.84. The summed E-state index contributed by atoms with van der Waals surface area (Å²) < 4.78 is 0. The van der Waals surface area contributed by atoms with Crippen molar-refractivity contribution in [2.24, 2.45) is 5.92 Å². The van der Waals surface area contributed by atoms with Gasteiger partial charge in [-0.3, -0.25) is 0 Å². The van der Waals surface area contributed by atoms with E-state index in [9.17, 15) is 0 Å². The summed E-state index contributed by atoms with van der Waals surface area (Å²) in [6.07, 6.45) is 13.6. The fourth-order valence-corrected chi connectivity index (χ4v) is 2.03. The van der Waals surface area contributed by atoms with E-state index in [0.29, 0.717) is 5.92 Å². The molecule has 2 rings (SSSR count). The van der Waals surface area contributed by atoms with Gasteiger partial charge in [0.25, 0.3) is 0 Å². The minimum absolute atomic E-state index is 0.704. The van der Waals surface area contributed by atoms with Crippen molar-refractivity contribution in [2.75, 3.05) is 0 Å². The van der Waals surface area contributed by atoms with E-state index in [1.54, 1.807) is 0 Å². The van der Waals surface area contributed by atoms with E-state index in [4.69, 9.17) is 0 Å². The van der Waals surface area contributed by atoms with E-state index >= 15 is 0 Å². The molecule has 0 saturated heterocycles. The highest BCUT2D eigenvalue weighted by molar-refractivity contribution is 5.45. The number of rotatable bonds is 1. The van der Waals surface area contributed by atoms with Gasteiger partial charge in [0, 0.05) is 0 Å². The molecule has 68 valence electrons. The summed E-state index contributed by atoms with van der Waals surface area (Å²) in [5.41, 5.74) is 4.54. The molecule has 0 aromatic carbocycles. The maximum absolute atomic E-state index is 2.31. The van der Waals surface area contributed by atoms with Crippen molar-refractivity contribution in [1.82, 2.24) is 0 Å². The van der Waals surface area contributed by atoms with Crippen LogP contribution >= 0.6 is 0 Å². The molecule has 0 heteroatoms. The van der Waals surface area contributed by atoms with Crippen molar-refractivity contribution in [1.29, 1.82) is 0 Å². The summed E-state index contributed by atoms with van der Waals surface area (Å²) in [7, 11) is 0. The standard InChI is InChI=1S/C13H16/c1-10-7-8-12(9-10)13-6-4-3-5-11(13)2/h3-4,6-8,11H,5,9H2,1-2H3. The van der Waals surface area contributed by atoms with Gasteiger partial charge < -0.3 is 0 Å². The van der Waals surface area contributed by atoms with Crippen molar-refractivity contribution in [3.63, 3.8) is 0 Å². The largest absolute Gasteiger partial charge is 0.0839 e. The van der Waals surface area contributed by atoms with Crippen molar-refractivity contribution in [3.05, 3.63) is 47.1 Å². The second kappa shape index (κ2) is 3.37. The van der Waals surface area contributed by atoms with Crippen LogP contribution in [0.3, 0.4) is 0 Å². The van der Waals surface area contributed by atoms with E-state index in [0.717, 1.165) is 6.42 Å². The summed E-state index contributed by atoms with van der Waals surface area (Å²) in [5, 5.41) is 0. The fourth-order valence-electron chi connectivity index (χ4n) is 2.03. The molecule has 2 aliphatic rings. The van der Waals surface area contributed by atoms with Gasteiger partial charge in [-0.05, 0) is 36.8 Å². The Morgan fingerprint density at radius 2 is 2.08 bits per heavy atom. The highest BCUT2D eigenvalue weighted by Crippen LogP contribution is 2.32. The molecule has 0 bridgehead atoms. The molecule has 0 spiro atoms. The SMILES string of the molecule is CC1=CC=C(C2=CC=CCC2C)C1. The quantitative estimate of drug-likeness (QED) is 0.564. The monoisotopic (exact) mass is 172 g/mol. The van der Waals surface area contributed by atoms with Crippen LogP contribution in [0.25, 0.3) is 0 Å². The molecule has 0 saturated carbocycles. The second-order valence-corrected chi connectivity index (χ2v) is 4.07. The van der Waals surface area contributed by atoms with Gasteiger partial charge in [-0.15, -0.1) is 0 Å². The number of hydrogen-bond acceptors (Lipinski definition) is 0. The Bertz CT molecular complexity index is 324. The van der Waals surface area contributed by atoms with Gasteiger partial charge in [0.05, 0.1) is 0 Å². The summed E-state index contributed by atoms with van der Waals surface area (Å²) >= 11 is 0. The van der Waals surface area contributed by atoms with E-state index in [-0.39, 0.29) is 0 Å². The Labute approximate surface area is 80.3 Å². The summed E-state index contributed by atoms with van der Waals surface area (Å²) in [6, 6.07) is 0. The second-order valence-electron chi connectivity index (χ2n) is 4.07. The van der Waals surface area contributed by atoms with Crippen LogP contribution in [0.15, 0.2) is 47.1 Å². The Morgan fingerprint density at radius 1 is 1.23 bits per heavy atom. The number of hydrogen-bond donors (Lipinski definition) is 0. The highest BCUT2D eigenvalue weighted by atomic mass is 14.2. The van der Waals surface area contributed by atoms with Crippen LogP contribution in [-0.4, -0.2) is 0 Å². The molecule has 1 unspecified atom stereocenters. The average Bonchev–Trinajstić information content (AvgIpc) is 2.53. The van der Waals surface area contributed by atoms with Gasteiger partial charge in [-0.25, -0.2) is 0 Å². The summed E-state index contributed by atoms with van der Waals surface area (Å²) in [5.74, 6) is 0.704. The zero-order chi connectivity index (χ0) is 9.26. The van der Waals surface area contributed by atoms with E-state index in [2.05, 4.69) is 44.2 Å². The summed E-state index contributed by atoms with van der Waals surface area (Å²) in [4.78, 5) is 0. The lowest BCUT2D eigenvalue weighted by Gasteiger charge is -2.18. The van der Waals surface area contributed by atoms with Gasteiger partial charge in [0.2, 0.25) is 0 Å². The van der Waals surface area contributed by atoms with Gasteiger partial charge in [0.1, 0.15) is 0 Å². The molecule has 0 nitrogen and oxygen atoms in total. The van der Waals surface area contributed by atoms with Crippen LogP contribution in [0.2, 0.25) is 0 Å². The molecule has 1 atom stereocenters. The Morgan fingerprint density at radius 3 is 2.69 bits per heavy atom. The predicted octanol–water partition coefficient (Wildman–Crippen LogP) is 3.79. The fraction of sp³-hybridized carbons (Fsp3) is 0.385.